The highest BCUT2D eigenvalue weighted by molar-refractivity contribution is 5.78. The third-order valence-corrected chi connectivity index (χ3v) is 3.17. The Morgan fingerprint density at radius 2 is 1.59 bits per heavy atom. The summed E-state index contributed by atoms with van der Waals surface area (Å²) >= 11 is 0. The van der Waals surface area contributed by atoms with Crippen LogP contribution >= 0.6 is 0 Å². The van der Waals surface area contributed by atoms with Crippen molar-refractivity contribution in [3.8, 4) is 23.2 Å². The number of hydrogen-bond acceptors (Lipinski definition) is 5. The summed E-state index contributed by atoms with van der Waals surface area (Å²) in [5.41, 5.74) is 0.228. The van der Waals surface area contributed by atoms with Crippen LogP contribution < -0.4 is 19.6 Å². The van der Waals surface area contributed by atoms with Crippen molar-refractivity contribution in [2.75, 3.05) is 14.2 Å². The van der Waals surface area contributed by atoms with E-state index >= 15 is 0 Å². The quantitative estimate of drug-likeness (QED) is 0.736. The fourth-order valence-corrected chi connectivity index (χ4v) is 2.07. The first kappa shape index (κ1) is 14.0. The molecule has 0 aliphatic rings. The van der Waals surface area contributed by atoms with Gasteiger partial charge in [-0.25, -0.2) is 0 Å². The van der Waals surface area contributed by atoms with E-state index in [1.165, 1.54) is 6.07 Å². The molecule has 2 aromatic carbocycles. The van der Waals surface area contributed by atoms with Gasteiger partial charge in [-0.2, -0.15) is 0 Å². The highest BCUT2D eigenvalue weighted by atomic mass is 16.6. The molecular formula is C17H14O5. The summed E-state index contributed by atoms with van der Waals surface area (Å²) in [6.45, 7) is 0. The van der Waals surface area contributed by atoms with Gasteiger partial charge in [-0.15, -0.1) is 0 Å². The van der Waals surface area contributed by atoms with E-state index in [1.54, 1.807) is 56.7 Å². The standard InChI is InChI=1S/C17H14O5/c1-19-11-4-3-5-13(8-11)21-17-10-15(18)14-7-6-12(20-2)9-16(14)22-17/h3-10H,1-2H3. The monoisotopic (exact) mass is 298 g/mol. The smallest absolute Gasteiger partial charge is 0.294 e. The molecule has 0 saturated heterocycles. The van der Waals surface area contributed by atoms with Crippen molar-refractivity contribution in [2.45, 2.75) is 0 Å². The van der Waals surface area contributed by atoms with E-state index in [9.17, 15) is 4.79 Å². The Balaban J connectivity index is 2.01. The van der Waals surface area contributed by atoms with Crippen LogP contribution in [0.2, 0.25) is 0 Å². The van der Waals surface area contributed by atoms with Gasteiger partial charge in [-0.05, 0) is 24.3 Å². The molecule has 22 heavy (non-hydrogen) atoms. The van der Waals surface area contributed by atoms with Crippen molar-refractivity contribution < 1.29 is 18.6 Å². The van der Waals surface area contributed by atoms with Gasteiger partial charge >= 0.3 is 0 Å². The maximum Gasteiger partial charge on any atom is 0.294 e. The molecule has 0 spiro atoms. The highest BCUT2D eigenvalue weighted by Crippen LogP contribution is 2.27. The summed E-state index contributed by atoms with van der Waals surface area (Å²) in [7, 11) is 3.12. The van der Waals surface area contributed by atoms with E-state index in [0.717, 1.165) is 0 Å². The van der Waals surface area contributed by atoms with Gasteiger partial charge in [-0.1, -0.05) is 6.07 Å². The van der Waals surface area contributed by atoms with Gasteiger partial charge in [0.05, 0.1) is 25.7 Å². The van der Waals surface area contributed by atoms with E-state index in [-0.39, 0.29) is 11.4 Å². The minimum absolute atomic E-state index is 0.110. The fraction of sp³-hybridized carbons (Fsp3) is 0.118. The number of benzene rings is 2. The lowest BCUT2D eigenvalue weighted by atomic mass is 10.2. The zero-order chi connectivity index (χ0) is 15.5. The van der Waals surface area contributed by atoms with Crippen LogP contribution in [-0.2, 0) is 0 Å². The van der Waals surface area contributed by atoms with Crippen LogP contribution in [0, 0.1) is 0 Å². The summed E-state index contributed by atoms with van der Waals surface area (Å²) < 4.78 is 21.5. The zero-order valence-corrected chi connectivity index (χ0v) is 12.2. The molecule has 1 heterocycles. The molecule has 0 radical (unpaired) electrons. The second kappa shape index (κ2) is 5.81. The molecule has 3 aromatic rings. The fourth-order valence-electron chi connectivity index (χ4n) is 2.07. The molecule has 1 aromatic heterocycles. The van der Waals surface area contributed by atoms with Crippen LogP contribution in [0.1, 0.15) is 0 Å². The molecule has 0 bridgehead atoms. The van der Waals surface area contributed by atoms with Crippen molar-refractivity contribution in [3.63, 3.8) is 0 Å². The van der Waals surface area contributed by atoms with Gasteiger partial charge < -0.3 is 18.6 Å². The van der Waals surface area contributed by atoms with Crippen LogP contribution in [0.5, 0.6) is 23.2 Å². The first-order valence-corrected chi connectivity index (χ1v) is 6.63. The molecule has 3 rings (SSSR count). The molecule has 0 atom stereocenters. The van der Waals surface area contributed by atoms with Crippen LogP contribution in [0.4, 0.5) is 0 Å². The van der Waals surface area contributed by atoms with Crippen molar-refractivity contribution in [1.29, 1.82) is 0 Å². The molecule has 0 amide bonds. The Hall–Kier alpha value is -2.95. The van der Waals surface area contributed by atoms with E-state index in [0.29, 0.717) is 28.2 Å². The van der Waals surface area contributed by atoms with E-state index in [4.69, 9.17) is 18.6 Å². The predicted molar refractivity (Wildman–Crippen MR) is 82.1 cm³/mol. The summed E-state index contributed by atoms with van der Waals surface area (Å²) in [5, 5.41) is 0.471. The highest BCUT2D eigenvalue weighted by Gasteiger charge is 2.08. The number of methoxy groups -OCH3 is 2. The summed E-state index contributed by atoms with van der Waals surface area (Å²) in [5.74, 6) is 1.89. The average molecular weight is 298 g/mol. The first-order valence-electron chi connectivity index (χ1n) is 6.63. The number of fused-ring (bicyclic) bond motifs is 1. The minimum atomic E-state index is -0.179. The van der Waals surface area contributed by atoms with Gasteiger partial charge in [0.25, 0.3) is 5.95 Å². The van der Waals surface area contributed by atoms with Crippen LogP contribution in [-0.4, -0.2) is 14.2 Å². The second-order valence-corrected chi connectivity index (χ2v) is 4.57. The third kappa shape index (κ3) is 2.74. The normalized spacial score (nSPS) is 10.5. The molecule has 0 saturated carbocycles. The Bertz CT molecular complexity index is 866. The molecule has 0 unspecified atom stereocenters. The molecule has 0 fully saturated rings. The molecule has 0 aliphatic heterocycles. The first-order chi connectivity index (χ1) is 10.7. The topological polar surface area (TPSA) is 57.9 Å². The lowest BCUT2D eigenvalue weighted by Crippen LogP contribution is -2.00. The SMILES string of the molecule is COc1cccc(Oc2cc(=O)c3ccc(OC)cc3o2)c1. The maximum absolute atomic E-state index is 12.1. The number of rotatable bonds is 4. The van der Waals surface area contributed by atoms with Crippen molar-refractivity contribution in [1.82, 2.24) is 0 Å². The van der Waals surface area contributed by atoms with Gasteiger partial charge in [0.1, 0.15) is 22.8 Å². The maximum atomic E-state index is 12.1. The van der Waals surface area contributed by atoms with Gasteiger partial charge in [0.2, 0.25) is 0 Å². The Morgan fingerprint density at radius 3 is 2.36 bits per heavy atom. The van der Waals surface area contributed by atoms with Gasteiger partial charge in [0.15, 0.2) is 5.43 Å². The van der Waals surface area contributed by atoms with Crippen LogP contribution in [0.15, 0.2) is 57.7 Å². The van der Waals surface area contributed by atoms with Gasteiger partial charge in [-0.3, -0.25) is 4.79 Å². The molecule has 0 aliphatic carbocycles. The summed E-state index contributed by atoms with van der Waals surface area (Å²) in [6, 6.07) is 13.4. The summed E-state index contributed by atoms with van der Waals surface area (Å²) in [4.78, 5) is 12.1. The Labute approximate surface area is 126 Å². The molecule has 5 heteroatoms. The Kier molecular flexibility index (Phi) is 3.70. The molecule has 0 N–H and O–H groups in total. The minimum Gasteiger partial charge on any atom is -0.497 e. The van der Waals surface area contributed by atoms with E-state index in [1.807, 2.05) is 0 Å². The average Bonchev–Trinajstić information content (AvgIpc) is 2.54. The lowest BCUT2D eigenvalue weighted by molar-refractivity contribution is 0.349. The van der Waals surface area contributed by atoms with Gasteiger partial charge in [0, 0.05) is 12.1 Å². The largest absolute Gasteiger partial charge is 0.497 e. The van der Waals surface area contributed by atoms with E-state index < -0.39 is 0 Å². The number of hydrogen-bond donors (Lipinski definition) is 0. The van der Waals surface area contributed by atoms with Crippen LogP contribution in [0.3, 0.4) is 0 Å². The zero-order valence-electron chi connectivity index (χ0n) is 12.2. The van der Waals surface area contributed by atoms with E-state index in [2.05, 4.69) is 0 Å². The molecule has 5 nitrogen and oxygen atoms in total. The lowest BCUT2D eigenvalue weighted by Gasteiger charge is -2.07. The predicted octanol–water partition coefficient (Wildman–Crippen LogP) is 3.60. The number of ether oxygens (including phenoxy) is 3. The second-order valence-electron chi connectivity index (χ2n) is 4.57. The van der Waals surface area contributed by atoms with Crippen molar-refractivity contribution in [2.24, 2.45) is 0 Å². The van der Waals surface area contributed by atoms with Crippen molar-refractivity contribution in [3.05, 3.63) is 58.8 Å². The Morgan fingerprint density at radius 1 is 0.864 bits per heavy atom. The summed E-state index contributed by atoms with van der Waals surface area (Å²) in [6.07, 6.45) is 0. The third-order valence-electron chi connectivity index (χ3n) is 3.17. The molecule has 112 valence electrons. The van der Waals surface area contributed by atoms with Crippen molar-refractivity contribution >= 4 is 11.0 Å². The molecular weight excluding hydrogens is 284 g/mol. The van der Waals surface area contributed by atoms with Crippen LogP contribution in [0.25, 0.3) is 11.0 Å².